The van der Waals surface area contributed by atoms with Crippen LogP contribution in [0.5, 0.6) is 11.5 Å². The van der Waals surface area contributed by atoms with Gasteiger partial charge >= 0.3 is 12.0 Å². The van der Waals surface area contributed by atoms with E-state index in [4.69, 9.17) is 15.2 Å². The van der Waals surface area contributed by atoms with Gasteiger partial charge in [0.2, 0.25) is 11.8 Å². The van der Waals surface area contributed by atoms with Crippen LogP contribution in [-0.4, -0.2) is 64.7 Å². The van der Waals surface area contributed by atoms with Crippen molar-refractivity contribution in [1.82, 2.24) is 15.5 Å². The quantitative estimate of drug-likeness (QED) is 0.347. The Labute approximate surface area is 196 Å². The van der Waals surface area contributed by atoms with Gasteiger partial charge in [0.05, 0.1) is 11.8 Å². The zero-order valence-corrected chi connectivity index (χ0v) is 19.4. The molecule has 0 aromatic heterocycles. The molecule has 11 heteroatoms. The fraction of sp³-hybridized carbons (Fsp3) is 0.565. The second kappa shape index (κ2) is 8.46. The molecule has 3 aliphatic heterocycles. The Morgan fingerprint density at radius 2 is 1.88 bits per heavy atom. The Morgan fingerprint density at radius 3 is 2.50 bits per heavy atom. The van der Waals surface area contributed by atoms with Crippen LogP contribution in [0.15, 0.2) is 18.2 Å². The van der Waals surface area contributed by atoms with Gasteiger partial charge < -0.3 is 25.6 Å². The van der Waals surface area contributed by atoms with Crippen molar-refractivity contribution in [2.75, 3.05) is 19.8 Å². The van der Waals surface area contributed by atoms with E-state index in [9.17, 15) is 24.3 Å². The van der Waals surface area contributed by atoms with Crippen LogP contribution in [0, 0.1) is 11.8 Å². The number of carbonyl (C=O) groups excluding carboxylic acids is 3. The van der Waals surface area contributed by atoms with Gasteiger partial charge in [-0.1, -0.05) is 6.07 Å². The van der Waals surface area contributed by atoms with Crippen molar-refractivity contribution in [1.29, 1.82) is 0 Å². The monoisotopic (exact) mass is 474 g/mol. The first kappa shape index (κ1) is 23.8. The maximum absolute atomic E-state index is 13.6. The molecule has 11 nitrogen and oxygen atoms in total. The van der Waals surface area contributed by atoms with E-state index in [1.807, 2.05) is 0 Å². The van der Waals surface area contributed by atoms with Crippen molar-refractivity contribution in [3.63, 3.8) is 0 Å². The number of nitrogens with one attached hydrogen (secondary N) is 2. The van der Waals surface area contributed by atoms with Crippen molar-refractivity contribution >= 4 is 23.8 Å². The van der Waals surface area contributed by atoms with Gasteiger partial charge in [0, 0.05) is 18.1 Å². The van der Waals surface area contributed by atoms with Crippen molar-refractivity contribution in [2.45, 2.75) is 50.7 Å². The molecule has 4 atom stereocenters. The predicted molar refractivity (Wildman–Crippen MR) is 119 cm³/mol. The van der Waals surface area contributed by atoms with Crippen LogP contribution in [0.25, 0.3) is 0 Å². The highest BCUT2D eigenvalue weighted by Gasteiger charge is 2.69. The Kier molecular flexibility index (Phi) is 5.92. The van der Waals surface area contributed by atoms with Gasteiger partial charge in [0.15, 0.2) is 11.5 Å². The van der Waals surface area contributed by atoms with Crippen LogP contribution < -0.4 is 25.8 Å². The van der Waals surface area contributed by atoms with Gasteiger partial charge in [-0.2, -0.15) is 0 Å². The first-order valence-corrected chi connectivity index (χ1v) is 11.3. The van der Waals surface area contributed by atoms with E-state index in [1.165, 1.54) is 4.90 Å². The lowest BCUT2D eigenvalue weighted by Crippen LogP contribution is -2.57. The number of nitrogens with two attached hydrogens (primary N) is 1. The number of urea groups is 1. The predicted octanol–water partition coefficient (Wildman–Crippen LogP) is 0.774. The highest BCUT2D eigenvalue weighted by molar-refractivity contribution is 6.10. The molecule has 4 rings (SSSR count). The molecule has 4 amide bonds. The molecule has 5 N–H and O–H groups in total. The summed E-state index contributed by atoms with van der Waals surface area (Å²) in [7, 11) is 0. The molecular formula is C23H30N4O7. The van der Waals surface area contributed by atoms with Gasteiger partial charge in [0.25, 0.3) is 0 Å². The number of imide groups is 1. The number of rotatable bonds is 6. The first-order valence-electron chi connectivity index (χ1n) is 11.3. The number of ether oxygens (including phenoxy) is 2. The number of benzene rings is 1. The average molecular weight is 475 g/mol. The second-order valence-corrected chi connectivity index (χ2v) is 9.88. The summed E-state index contributed by atoms with van der Waals surface area (Å²) in [5.41, 5.74) is 3.24. The van der Waals surface area contributed by atoms with E-state index < -0.39 is 52.8 Å². The number of nitrogens with zero attached hydrogens (tertiary/aromatic N) is 1. The molecule has 0 aliphatic carbocycles. The largest absolute Gasteiger partial charge is 0.486 e. The number of carboxylic acid groups (broad SMARTS) is 1. The second-order valence-electron chi connectivity index (χ2n) is 9.88. The summed E-state index contributed by atoms with van der Waals surface area (Å²) in [4.78, 5) is 52.1. The Hall–Kier alpha value is -3.34. The summed E-state index contributed by atoms with van der Waals surface area (Å²) in [5, 5.41) is 16.0. The highest BCUT2D eigenvalue weighted by atomic mass is 16.6. The molecular weight excluding hydrogens is 444 g/mol. The number of fused-ring (bicyclic) bond motifs is 2. The number of aliphatic carboxylic acids is 1. The van der Waals surface area contributed by atoms with Crippen LogP contribution in [0.3, 0.4) is 0 Å². The fourth-order valence-corrected chi connectivity index (χ4v) is 5.32. The van der Waals surface area contributed by atoms with Gasteiger partial charge in [-0.15, -0.1) is 0 Å². The fourth-order valence-electron chi connectivity index (χ4n) is 5.32. The number of amides is 4. The molecule has 3 heterocycles. The lowest BCUT2D eigenvalue weighted by molar-refractivity contribution is -0.154. The lowest BCUT2D eigenvalue weighted by atomic mass is 9.77. The molecule has 2 fully saturated rings. The minimum absolute atomic E-state index is 0.0157. The maximum atomic E-state index is 13.6. The molecule has 0 bridgehead atoms. The van der Waals surface area contributed by atoms with E-state index >= 15 is 0 Å². The van der Waals surface area contributed by atoms with E-state index in [2.05, 4.69) is 10.6 Å². The van der Waals surface area contributed by atoms with Crippen LogP contribution in [-0.2, 0) is 14.4 Å². The summed E-state index contributed by atoms with van der Waals surface area (Å²) in [6.45, 7) is 6.18. The molecule has 3 aliphatic rings. The van der Waals surface area contributed by atoms with Crippen LogP contribution in [0.2, 0.25) is 0 Å². The van der Waals surface area contributed by atoms with E-state index in [-0.39, 0.29) is 19.4 Å². The Morgan fingerprint density at radius 1 is 1.21 bits per heavy atom. The molecule has 1 aromatic carbocycles. The lowest BCUT2D eigenvalue weighted by Gasteiger charge is -2.35. The van der Waals surface area contributed by atoms with Gasteiger partial charge in [-0.25, -0.2) is 4.79 Å². The standard InChI is InChI=1S/C23H30N4O7/c1-22(2,3)27-18(28)15-16(19(27)29)23(20(30)31,7-4-8-25-21(24)32)26-17(15)12-5-6-13-14(11-12)34-10-9-33-13/h5-6,11,15-17,26H,4,7-10H2,1-3H3,(H,30,31)(H3,24,25,32). The summed E-state index contributed by atoms with van der Waals surface area (Å²) in [5.74, 6) is -3.09. The van der Waals surface area contributed by atoms with Crippen LogP contribution in [0.4, 0.5) is 4.79 Å². The third-order valence-corrected chi connectivity index (χ3v) is 6.68. The molecule has 0 radical (unpaired) electrons. The Bertz CT molecular complexity index is 1040. The van der Waals surface area contributed by atoms with E-state index in [0.717, 1.165) is 0 Å². The number of likely N-dealkylation sites (tertiary alicyclic amines) is 1. The number of hydrogen-bond acceptors (Lipinski definition) is 7. The normalized spacial score (nSPS) is 28.1. The summed E-state index contributed by atoms with van der Waals surface area (Å²) in [6, 6.07) is 3.76. The van der Waals surface area contributed by atoms with Crippen molar-refractivity contribution in [3.8, 4) is 11.5 Å². The average Bonchev–Trinajstić information content (AvgIpc) is 3.25. The maximum Gasteiger partial charge on any atom is 0.324 e. The third kappa shape index (κ3) is 3.83. The topological polar surface area (TPSA) is 160 Å². The number of hydrogen-bond donors (Lipinski definition) is 4. The molecule has 184 valence electrons. The summed E-state index contributed by atoms with van der Waals surface area (Å²) < 4.78 is 11.3. The van der Waals surface area contributed by atoms with Crippen LogP contribution in [0.1, 0.15) is 45.2 Å². The molecule has 34 heavy (non-hydrogen) atoms. The summed E-state index contributed by atoms with van der Waals surface area (Å²) in [6.07, 6.45) is 0.262. The number of carboxylic acids is 1. The Balaban J connectivity index is 1.76. The smallest absolute Gasteiger partial charge is 0.324 e. The van der Waals surface area contributed by atoms with E-state index in [0.29, 0.717) is 30.3 Å². The third-order valence-electron chi connectivity index (χ3n) is 6.68. The minimum atomic E-state index is -1.70. The molecule has 0 spiro atoms. The van der Waals surface area contributed by atoms with Crippen LogP contribution >= 0.6 is 0 Å². The molecule has 4 unspecified atom stereocenters. The SMILES string of the molecule is CC(C)(C)N1C(=O)C2C(c3ccc4c(c3)OCCO4)NC(CCCNC(N)=O)(C(=O)O)C2C1=O. The van der Waals surface area contributed by atoms with Gasteiger partial charge in [-0.05, 0) is 51.3 Å². The first-order chi connectivity index (χ1) is 16.0. The summed E-state index contributed by atoms with van der Waals surface area (Å²) >= 11 is 0. The van der Waals surface area contributed by atoms with Crippen molar-refractivity contribution in [2.24, 2.45) is 17.6 Å². The van der Waals surface area contributed by atoms with Crippen molar-refractivity contribution in [3.05, 3.63) is 23.8 Å². The molecule has 1 aromatic rings. The molecule has 2 saturated heterocycles. The van der Waals surface area contributed by atoms with Gasteiger partial charge in [-0.3, -0.25) is 24.6 Å². The minimum Gasteiger partial charge on any atom is -0.486 e. The van der Waals surface area contributed by atoms with Crippen molar-refractivity contribution < 1.29 is 33.8 Å². The van der Waals surface area contributed by atoms with Gasteiger partial charge in [0.1, 0.15) is 18.8 Å². The zero-order valence-electron chi connectivity index (χ0n) is 19.4. The number of primary amides is 1. The number of carbonyl (C=O) groups is 4. The van der Waals surface area contributed by atoms with E-state index in [1.54, 1.807) is 39.0 Å². The highest BCUT2D eigenvalue weighted by Crippen LogP contribution is 2.52. The zero-order chi connectivity index (χ0) is 24.8. The molecule has 0 saturated carbocycles.